The number of nitrogens with two attached hydrogens (primary N) is 1. The zero-order chi connectivity index (χ0) is 21.4. The van der Waals surface area contributed by atoms with Crippen LogP contribution in [0.1, 0.15) is 25.4 Å². The molecule has 0 bridgehead atoms. The van der Waals surface area contributed by atoms with Gasteiger partial charge in [0.15, 0.2) is 17.7 Å². The molecule has 0 saturated carbocycles. The largest absolute Gasteiger partial charge is 0.480 e. The van der Waals surface area contributed by atoms with Gasteiger partial charge in [-0.25, -0.2) is 19.9 Å². The second kappa shape index (κ2) is 7.96. The van der Waals surface area contributed by atoms with E-state index in [-0.39, 0.29) is 17.4 Å². The lowest BCUT2D eigenvalue weighted by Crippen LogP contribution is -2.09. The first kappa shape index (κ1) is 20.2. The third-order valence-electron chi connectivity index (χ3n) is 4.26. The monoisotopic (exact) mass is 451 g/mol. The Morgan fingerprint density at radius 3 is 2.67 bits per heavy atom. The Hall–Kier alpha value is -3.11. The van der Waals surface area contributed by atoms with Gasteiger partial charge in [-0.1, -0.05) is 35.3 Å². The number of halogens is 4. The third-order valence-corrected chi connectivity index (χ3v) is 5.08. The minimum absolute atomic E-state index is 0.0702. The lowest BCUT2D eigenvalue weighted by atomic mass is 10.1. The number of pyridine rings is 1. The van der Waals surface area contributed by atoms with Crippen molar-refractivity contribution in [2.45, 2.75) is 19.6 Å². The van der Waals surface area contributed by atoms with E-state index in [1.165, 1.54) is 12.5 Å². The average molecular weight is 452 g/mol. The van der Waals surface area contributed by atoms with Crippen LogP contribution in [0.25, 0.3) is 22.2 Å². The number of anilines is 1. The maximum absolute atomic E-state index is 12.8. The molecule has 0 saturated heterocycles. The Bertz CT molecular complexity index is 1230. The molecule has 3 heterocycles. The molecule has 0 unspecified atom stereocenters. The summed E-state index contributed by atoms with van der Waals surface area (Å²) in [4.78, 5) is 16.6. The second-order valence-corrected chi connectivity index (χ2v) is 6.96. The van der Waals surface area contributed by atoms with Crippen LogP contribution in [-0.2, 0) is 0 Å². The molecule has 154 valence electrons. The van der Waals surface area contributed by atoms with Crippen molar-refractivity contribution < 1.29 is 13.5 Å². The highest BCUT2D eigenvalue weighted by Gasteiger charge is 2.21. The summed E-state index contributed by atoms with van der Waals surface area (Å²) in [7, 11) is 0. The molecule has 0 radical (unpaired) electrons. The predicted molar refractivity (Wildman–Crippen MR) is 108 cm³/mol. The van der Waals surface area contributed by atoms with Crippen molar-refractivity contribution >= 4 is 39.9 Å². The van der Waals surface area contributed by atoms with Gasteiger partial charge in [-0.3, -0.25) is 0 Å². The highest BCUT2D eigenvalue weighted by Crippen LogP contribution is 2.39. The Morgan fingerprint density at radius 1 is 1.13 bits per heavy atom. The standard InChI is InChI=1S/C18H13Cl2F2N7O/c1-8(17-27-7-29(28-17)18(21)22)30-11-5-24-14(9-3-2-4-10(19)13(9)20)15-12(11)16(23)26-6-25-15/h2-8,18H,1H3,(H2,23,25,26)/t8-/m1/s1. The summed E-state index contributed by atoms with van der Waals surface area (Å²) in [6.45, 7) is -1.19. The molecular weight excluding hydrogens is 439 g/mol. The van der Waals surface area contributed by atoms with Gasteiger partial charge in [0, 0.05) is 5.56 Å². The van der Waals surface area contributed by atoms with Gasteiger partial charge < -0.3 is 10.5 Å². The number of fused-ring (bicyclic) bond motifs is 1. The van der Waals surface area contributed by atoms with Crippen LogP contribution < -0.4 is 10.5 Å². The van der Waals surface area contributed by atoms with Crippen molar-refractivity contribution in [3.05, 3.63) is 52.9 Å². The minimum Gasteiger partial charge on any atom is -0.480 e. The van der Waals surface area contributed by atoms with Crippen LogP contribution in [0.2, 0.25) is 10.0 Å². The molecule has 2 N–H and O–H groups in total. The van der Waals surface area contributed by atoms with Crippen molar-refractivity contribution in [1.82, 2.24) is 29.7 Å². The quantitative estimate of drug-likeness (QED) is 0.468. The zero-order valence-corrected chi connectivity index (χ0v) is 16.8. The maximum Gasteiger partial charge on any atom is 0.334 e. The Morgan fingerprint density at radius 2 is 1.93 bits per heavy atom. The van der Waals surface area contributed by atoms with Crippen LogP contribution in [0.15, 0.2) is 37.1 Å². The predicted octanol–water partition coefficient (Wildman–Crippen LogP) is 4.71. The molecule has 1 atom stereocenters. The number of alkyl halides is 2. The molecule has 4 rings (SSSR count). The van der Waals surface area contributed by atoms with E-state index in [0.29, 0.717) is 36.9 Å². The fourth-order valence-corrected chi connectivity index (χ4v) is 3.25. The number of nitrogens with zero attached hydrogens (tertiary/aromatic N) is 6. The molecule has 1 aromatic carbocycles. The SMILES string of the molecule is C[C@@H](Oc1cnc(-c2cccc(Cl)c2Cl)c2ncnc(N)c12)c1ncn(C(F)F)n1. The summed E-state index contributed by atoms with van der Waals surface area (Å²) in [5, 5.41) is 4.77. The van der Waals surface area contributed by atoms with E-state index in [0.717, 1.165) is 6.33 Å². The number of benzene rings is 1. The first-order valence-electron chi connectivity index (χ1n) is 8.56. The van der Waals surface area contributed by atoms with Crippen LogP contribution in [0.3, 0.4) is 0 Å². The van der Waals surface area contributed by atoms with Gasteiger partial charge in [0.05, 0.1) is 27.3 Å². The van der Waals surface area contributed by atoms with Crippen molar-refractivity contribution in [3.8, 4) is 17.0 Å². The number of nitrogen functional groups attached to an aromatic ring is 1. The number of hydrogen-bond acceptors (Lipinski definition) is 7. The molecule has 3 aromatic heterocycles. The van der Waals surface area contributed by atoms with Gasteiger partial charge in [-0.05, 0) is 13.0 Å². The van der Waals surface area contributed by atoms with E-state index in [1.54, 1.807) is 25.1 Å². The van der Waals surface area contributed by atoms with Gasteiger partial charge in [-0.15, -0.1) is 5.10 Å². The van der Waals surface area contributed by atoms with Crippen LogP contribution in [0, 0.1) is 0 Å². The number of aromatic nitrogens is 6. The fourth-order valence-electron chi connectivity index (χ4n) is 2.86. The number of hydrogen-bond donors (Lipinski definition) is 1. The summed E-state index contributed by atoms with van der Waals surface area (Å²) >= 11 is 12.5. The normalized spacial score (nSPS) is 12.5. The molecule has 0 aliphatic carbocycles. The highest BCUT2D eigenvalue weighted by atomic mass is 35.5. The summed E-state index contributed by atoms with van der Waals surface area (Å²) in [5.41, 5.74) is 7.47. The van der Waals surface area contributed by atoms with Crippen molar-refractivity contribution in [1.29, 1.82) is 0 Å². The summed E-state index contributed by atoms with van der Waals surface area (Å²) in [6, 6.07) is 5.14. The smallest absolute Gasteiger partial charge is 0.334 e. The summed E-state index contributed by atoms with van der Waals surface area (Å²) < 4.78 is 31.8. The first-order valence-corrected chi connectivity index (χ1v) is 9.31. The van der Waals surface area contributed by atoms with Gasteiger partial charge >= 0.3 is 6.55 Å². The highest BCUT2D eigenvalue weighted by molar-refractivity contribution is 6.43. The molecule has 12 heteroatoms. The van der Waals surface area contributed by atoms with E-state index in [2.05, 4.69) is 25.0 Å². The molecule has 0 aliphatic heterocycles. The van der Waals surface area contributed by atoms with Crippen molar-refractivity contribution in [2.75, 3.05) is 5.73 Å². The maximum atomic E-state index is 12.8. The van der Waals surface area contributed by atoms with Crippen LogP contribution >= 0.6 is 23.2 Å². The molecule has 0 aliphatic rings. The second-order valence-electron chi connectivity index (χ2n) is 6.18. The molecule has 0 amide bonds. The number of ether oxygens (including phenoxy) is 1. The van der Waals surface area contributed by atoms with E-state index >= 15 is 0 Å². The van der Waals surface area contributed by atoms with E-state index < -0.39 is 12.7 Å². The van der Waals surface area contributed by atoms with Crippen LogP contribution in [0.5, 0.6) is 5.75 Å². The third kappa shape index (κ3) is 3.59. The lowest BCUT2D eigenvalue weighted by molar-refractivity contribution is 0.0550. The lowest BCUT2D eigenvalue weighted by Gasteiger charge is -2.16. The zero-order valence-electron chi connectivity index (χ0n) is 15.3. The molecular formula is C18H13Cl2F2N7O. The summed E-state index contributed by atoms with van der Waals surface area (Å²) in [6.07, 6.45) is 2.88. The van der Waals surface area contributed by atoms with Gasteiger partial charge in [0.2, 0.25) is 0 Å². The van der Waals surface area contributed by atoms with Crippen molar-refractivity contribution in [3.63, 3.8) is 0 Å². The fraction of sp³-hybridized carbons (Fsp3) is 0.167. The van der Waals surface area contributed by atoms with E-state index in [1.807, 2.05) is 0 Å². The van der Waals surface area contributed by atoms with E-state index in [9.17, 15) is 8.78 Å². The molecule has 8 nitrogen and oxygen atoms in total. The molecule has 4 aromatic rings. The molecule has 0 fully saturated rings. The van der Waals surface area contributed by atoms with Gasteiger partial charge in [0.25, 0.3) is 0 Å². The minimum atomic E-state index is -2.80. The average Bonchev–Trinajstić information content (AvgIpc) is 3.21. The number of rotatable bonds is 5. The van der Waals surface area contributed by atoms with Gasteiger partial charge in [-0.2, -0.15) is 13.5 Å². The first-order chi connectivity index (χ1) is 14.4. The van der Waals surface area contributed by atoms with E-state index in [4.69, 9.17) is 33.7 Å². The molecule has 30 heavy (non-hydrogen) atoms. The topological polar surface area (TPSA) is 105 Å². The van der Waals surface area contributed by atoms with Crippen molar-refractivity contribution in [2.24, 2.45) is 0 Å². The van der Waals surface area contributed by atoms with Gasteiger partial charge in [0.1, 0.15) is 24.0 Å². The Balaban J connectivity index is 1.79. The van der Waals surface area contributed by atoms with Crippen LogP contribution in [-0.4, -0.2) is 29.7 Å². The molecule has 0 spiro atoms. The summed E-state index contributed by atoms with van der Waals surface area (Å²) in [5.74, 6) is 0.460. The Labute approximate surface area is 178 Å². The Kier molecular flexibility index (Phi) is 5.35. The van der Waals surface area contributed by atoms with Crippen LogP contribution in [0.4, 0.5) is 14.6 Å².